The maximum Gasteiger partial charge on any atom is 0.471 e. The van der Waals surface area contributed by atoms with Gasteiger partial charge < -0.3 is 14.6 Å². The van der Waals surface area contributed by atoms with Crippen LogP contribution in [-0.2, 0) is 22.3 Å². The molecule has 128 valence electrons. The Kier molecular flexibility index (Phi) is 4.52. The third-order valence-electron chi connectivity index (χ3n) is 3.57. The zero-order chi connectivity index (χ0) is 17.2. The fourth-order valence-electron chi connectivity index (χ4n) is 2.31. The minimum atomic E-state index is -4.67. The molecule has 9 heteroatoms. The van der Waals surface area contributed by atoms with Crippen LogP contribution in [0.15, 0.2) is 28.8 Å². The van der Waals surface area contributed by atoms with Gasteiger partial charge in [-0.1, -0.05) is 29.4 Å². The molecule has 24 heavy (non-hydrogen) atoms. The van der Waals surface area contributed by atoms with Gasteiger partial charge in [-0.2, -0.15) is 18.2 Å². The summed E-state index contributed by atoms with van der Waals surface area (Å²) in [6.07, 6.45) is -3.48. The smallest absolute Gasteiger partial charge is 0.368 e. The molecule has 1 N–H and O–H groups in total. The molecule has 1 aliphatic heterocycles. The van der Waals surface area contributed by atoms with Crippen LogP contribution in [0.4, 0.5) is 13.2 Å². The first-order chi connectivity index (χ1) is 11.4. The largest absolute Gasteiger partial charge is 0.471 e. The first-order valence-electron chi connectivity index (χ1n) is 7.33. The molecular formula is C15H14F3N3O3. The van der Waals surface area contributed by atoms with Gasteiger partial charge in [-0.05, 0) is 18.4 Å². The van der Waals surface area contributed by atoms with Crippen LogP contribution < -0.4 is 5.32 Å². The molecule has 2 aromatic rings. The van der Waals surface area contributed by atoms with E-state index in [-0.39, 0.29) is 11.7 Å². The lowest BCUT2D eigenvalue weighted by Crippen LogP contribution is -2.33. The van der Waals surface area contributed by atoms with Gasteiger partial charge in [0, 0.05) is 18.7 Å². The van der Waals surface area contributed by atoms with Gasteiger partial charge in [0.2, 0.25) is 11.7 Å². The Morgan fingerprint density at radius 3 is 2.62 bits per heavy atom. The van der Waals surface area contributed by atoms with Crippen molar-refractivity contribution in [3.05, 3.63) is 35.7 Å². The molecule has 1 amide bonds. The van der Waals surface area contributed by atoms with Crippen molar-refractivity contribution in [3.63, 3.8) is 0 Å². The summed E-state index contributed by atoms with van der Waals surface area (Å²) in [5, 5.41) is 6.08. The average Bonchev–Trinajstić information content (AvgIpc) is 3.23. The minimum absolute atomic E-state index is 0.141. The molecule has 0 saturated carbocycles. The van der Waals surface area contributed by atoms with Crippen LogP contribution >= 0.6 is 0 Å². The SMILES string of the molecule is O=C(NCc1ccc(-c2noc(C(F)(F)F)n2)cc1)C1CCCO1. The fraction of sp³-hybridized carbons (Fsp3) is 0.400. The van der Waals surface area contributed by atoms with Crippen molar-refractivity contribution >= 4 is 5.91 Å². The Morgan fingerprint density at radius 1 is 1.29 bits per heavy atom. The summed E-state index contributed by atoms with van der Waals surface area (Å²) in [5.74, 6) is -1.69. The van der Waals surface area contributed by atoms with Crippen LogP contribution in [0.2, 0.25) is 0 Å². The van der Waals surface area contributed by atoms with E-state index >= 15 is 0 Å². The van der Waals surface area contributed by atoms with Crippen molar-refractivity contribution in [3.8, 4) is 11.4 Å². The number of carbonyl (C=O) groups excluding carboxylic acids is 1. The molecule has 0 bridgehead atoms. The quantitative estimate of drug-likeness (QED) is 0.925. The second-order valence-electron chi connectivity index (χ2n) is 5.34. The second kappa shape index (κ2) is 6.60. The summed E-state index contributed by atoms with van der Waals surface area (Å²) >= 11 is 0. The van der Waals surface area contributed by atoms with Crippen LogP contribution in [0.3, 0.4) is 0 Å². The zero-order valence-electron chi connectivity index (χ0n) is 12.5. The van der Waals surface area contributed by atoms with Gasteiger partial charge in [-0.15, -0.1) is 0 Å². The van der Waals surface area contributed by atoms with E-state index in [1.54, 1.807) is 24.3 Å². The fourth-order valence-corrected chi connectivity index (χ4v) is 2.31. The summed E-state index contributed by atoms with van der Waals surface area (Å²) in [4.78, 5) is 15.1. The molecule has 0 aliphatic carbocycles. The minimum Gasteiger partial charge on any atom is -0.368 e. The average molecular weight is 341 g/mol. The van der Waals surface area contributed by atoms with Crippen LogP contribution in [-0.4, -0.2) is 28.8 Å². The van der Waals surface area contributed by atoms with E-state index < -0.39 is 18.2 Å². The summed E-state index contributed by atoms with van der Waals surface area (Å²) in [5.41, 5.74) is 1.19. The Balaban J connectivity index is 1.61. The lowest BCUT2D eigenvalue weighted by Gasteiger charge is -2.10. The van der Waals surface area contributed by atoms with Crippen LogP contribution in [0, 0.1) is 0 Å². The molecule has 1 atom stereocenters. The van der Waals surface area contributed by atoms with E-state index in [9.17, 15) is 18.0 Å². The molecule has 0 spiro atoms. The number of carbonyl (C=O) groups is 1. The van der Waals surface area contributed by atoms with Crippen molar-refractivity contribution in [2.24, 2.45) is 0 Å². The number of amides is 1. The van der Waals surface area contributed by atoms with Gasteiger partial charge in [0.05, 0.1) is 0 Å². The van der Waals surface area contributed by atoms with E-state index in [0.29, 0.717) is 25.1 Å². The van der Waals surface area contributed by atoms with E-state index in [0.717, 1.165) is 12.0 Å². The number of halogens is 3. The lowest BCUT2D eigenvalue weighted by atomic mass is 10.1. The Bertz CT molecular complexity index is 707. The molecular weight excluding hydrogens is 327 g/mol. The van der Waals surface area contributed by atoms with Gasteiger partial charge in [0.15, 0.2) is 0 Å². The topological polar surface area (TPSA) is 77.3 Å². The number of benzene rings is 1. The lowest BCUT2D eigenvalue weighted by molar-refractivity contribution is -0.159. The van der Waals surface area contributed by atoms with Crippen LogP contribution in [0.5, 0.6) is 0 Å². The van der Waals surface area contributed by atoms with Crippen molar-refractivity contribution < 1.29 is 27.2 Å². The highest BCUT2D eigenvalue weighted by atomic mass is 19.4. The number of nitrogens with zero attached hydrogens (tertiary/aromatic N) is 2. The summed E-state index contributed by atoms with van der Waals surface area (Å²) < 4.78 is 46.8. The molecule has 3 rings (SSSR count). The number of aromatic nitrogens is 2. The number of rotatable bonds is 4. The predicted molar refractivity (Wildman–Crippen MR) is 75.6 cm³/mol. The third kappa shape index (κ3) is 3.73. The number of alkyl halides is 3. The standard InChI is InChI=1S/C15H14F3N3O3/c16-15(17,18)14-20-12(21-24-14)10-5-3-9(4-6-10)8-19-13(22)11-2-1-7-23-11/h3-6,11H,1-2,7-8H2,(H,19,22). The molecule has 1 unspecified atom stereocenters. The Morgan fingerprint density at radius 2 is 2.04 bits per heavy atom. The predicted octanol–water partition coefficient (Wildman–Crippen LogP) is 2.55. The number of ether oxygens (including phenoxy) is 1. The van der Waals surface area contributed by atoms with Gasteiger partial charge in [-0.3, -0.25) is 4.79 Å². The van der Waals surface area contributed by atoms with Crippen molar-refractivity contribution in [2.75, 3.05) is 6.61 Å². The Labute approximate surface area is 135 Å². The maximum absolute atomic E-state index is 12.4. The normalized spacial score (nSPS) is 17.9. The molecule has 0 radical (unpaired) electrons. The van der Waals surface area contributed by atoms with E-state index in [2.05, 4.69) is 20.0 Å². The van der Waals surface area contributed by atoms with E-state index in [1.165, 1.54) is 0 Å². The first kappa shape index (κ1) is 16.4. The van der Waals surface area contributed by atoms with Crippen LogP contribution in [0.1, 0.15) is 24.3 Å². The zero-order valence-corrected chi connectivity index (χ0v) is 12.5. The summed E-state index contributed by atoms with van der Waals surface area (Å²) in [7, 11) is 0. The molecule has 2 heterocycles. The highest BCUT2D eigenvalue weighted by Crippen LogP contribution is 2.29. The van der Waals surface area contributed by atoms with Crippen molar-refractivity contribution in [1.82, 2.24) is 15.5 Å². The molecule has 1 aromatic heterocycles. The number of nitrogens with one attached hydrogen (secondary N) is 1. The van der Waals surface area contributed by atoms with E-state index in [4.69, 9.17) is 4.74 Å². The van der Waals surface area contributed by atoms with Crippen molar-refractivity contribution in [2.45, 2.75) is 31.7 Å². The number of hydrogen-bond donors (Lipinski definition) is 1. The summed E-state index contributed by atoms with van der Waals surface area (Å²) in [6.45, 7) is 0.899. The van der Waals surface area contributed by atoms with Gasteiger partial charge >= 0.3 is 12.1 Å². The highest BCUT2D eigenvalue weighted by Gasteiger charge is 2.38. The highest BCUT2D eigenvalue weighted by molar-refractivity contribution is 5.80. The Hall–Kier alpha value is -2.42. The van der Waals surface area contributed by atoms with Gasteiger partial charge in [0.1, 0.15) is 6.10 Å². The monoisotopic (exact) mass is 341 g/mol. The van der Waals surface area contributed by atoms with Crippen LogP contribution in [0.25, 0.3) is 11.4 Å². The third-order valence-corrected chi connectivity index (χ3v) is 3.57. The van der Waals surface area contributed by atoms with Gasteiger partial charge in [-0.25, -0.2) is 0 Å². The number of hydrogen-bond acceptors (Lipinski definition) is 5. The summed E-state index contributed by atoms with van der Waals surface area (Å²) in [6, 6.07) is 6.49. The second-order valence-corrected chi connectivity index (χ2v) is 5.34. The van der Waals surface area contributed by atoms with Gasteiger partial charge in [0.25, 0.3) is 0 Å². The van der Waals surface area contributed by atoms with E-state index in [1.807, 2.05) is 0 Å². The molecule has 1 aromatic carbocycles. The maximum atomic E-state index is 12.4. The molecule has 1 saturated heterocycles. The molecule has 1 fully saturated rings. The molecule has 6 nitrogen and oxygen atoms in total. The first-order valence-corrected chi connectivity index (χ1v) is 7.33. The van der Waals surface area contributed by atoms with Crippen molar-refractivity contribution in [1.29, 1.82) is 0 Å². The molecule has 1 aliphatic rings.